The maximum atomic E-state index is 13.3. The Balaban J connectivity index is 1.56. The number of rotatable bonds is 3. The lowest BCUT2D eigenvalue weighted by Gasteiger charge is -2.34. The molecule has 5 rings (SSSR count). The molecule has 0 bridgehead atoms. The molecule has 1 aromatic carbocycles. The molecule has 1 N–H and O–H groups in total. The first-order chi connectivity index (χ1) is 14.1. The van der Waals surface area contributed by atoms with E-state index in [1.54, 1.807) is 22.2 Å². The zero-order valence-electron chi connectivity index (χ0n) is 16.0. The molecule has 0 radical (unpaired) electrons. The lowest BCUT2D eigenvalue weighted by atomic mass is 9.73. The van der Waals surface area contributed by atoms with E-state index >= 15 is 0 Å². The van der Waals surface area contributed by atoms with Gasteiger partial charge in [-0.1, -0.05) is 24.3 Å². The number of benzene rings is 1. The van der Waals surface area contributed by atoms with Crippen LogP contribution in [0.4, 0.5) is 5.69 Å². The normalized spacial score (nSPS) is 25.6. The molecule has 1 aromatic heterocycles. The Morgan fingerprint density at radius 2 is 2.03 bits per heavy atom. The van der Waals surface area contributed by atoms with Crippen LogP contribution in [-0.4, -0.2) is 52.1 Å². The van der Waals surface area contributed by atoms with Crippen LogP contribution >= 0.6 is 0 Å². The third-order valence-corrected chi connectivity index (χ3v) is 6.40. The van der Waals surface area contributed by atoms with Gasteiger partial charge in [0.1, 0.15) is 5.41 Å². The minimum absolute atomic E-state index is 0.0224. The minimum atomic E-state index is -0.843. The van der Waals surface area contributed by atoms with Gasteiger partial charge in [-0.15, -0.1) is 0 Å². The van der Waals surface area contributed by atoms with E-state index in [4.69, 9.17) is 0 Å². The van der Waals surface area contributed by atoms with E-state index in [-0.39, 0.29) is 24.3 Å². The fraction of sp³-hybridized carbons (Fsp3) is 0.364. The minimum Gasteiger partial charge on any atom is -0.333 e. The van der Waals surface area contributed by atoms with Crippen molar-refractivity contribution in [1.82, 2.24) is 14.8 Å². The van der Waals surface area contributed by atoms with Crippen molar-refractivity contribution in [3.63, 3.8) is 0 Å². The van der Waals surface area contributed by atoms with Crippen molar-refractivity contribution in [2.24, 2.45) is 0 Å². The fourth-order valence-corrected chi connectivity index (χ4v) is 5.08. The monoisotopic (exact) mass is 390 g/mol. The standard InChI is InChI=1S/C22H22N4O3/c27-18-8-4-11-25(18)14-19(28)26-12-9-22(20(26)15-5-3-10-23-13-15)16-6-1-2-7-17(16)24-21(22)29/h1-3,5-7,10,13,20H,4,8-9,11-12,14H2,(H,24,29). The van der Waals surface area contributed by atoms with Gasteiger partial charge in [0.25, 0.3) is 0 Å². The summed E-state index contributed by atoms with van der Waals surface area (Å²) in [6.45, 7) is 1.14. The van der Waals surface area contributed by atoms with Crippen molar-refractivity contribution in [2.75, 3.05) is 25.0 Å². The molecule has 7 heteroatoms. The number of nitrogens with one attached hydrogen (secondary N) is 1. The van der Waals surface area contributed by atoms with Gasteiger partial charge < -0.3 is 15.1 Å². The molecule has 4 heterocycles. The number of hydrogen-bond donors (Lipinski definition) is 1. The molecule has 29 heavy (non-hydrogen) atoms. The third kappa shape index (κ3) is 2.64. The molecule has 3 amide bonds. The maximum absolute atomic E-state index is 13.3. The summed E-state index contributed by atoms with van der Waals surface area (Å²) in [5.41, 5.74) is 1.71. The van der Waals surface area contributed by atoms with Crippen molar-refractivity contribution in [2.45, 2.75) is 30.7 Å². The number of para-hydroxylation sites is 1. The molecule has 2 atom stereocenters. The number of anilines is 1. The highest BCUT2D eigenvalue weighted by atomic mass is 16.2. The first-order valence-corrected chi connectivity index (χ1v) is 9.99. The van der Waals surface area contributed by atoms with Crippen molar-refractivity contribution < 1.29 is 14.4 Å². The van der Waals surface area contributed by atoms with Gasteiger partial charge in [0.05, 0.1) is 12.6 Å². The van der Waals surface area contributed by atoms with Crippen LogP contribution in [0.3, 0.4) is 0 Å². The number of fused-ring (bicyclic) bond motifs is 2. The number of pyridine rings is 1. The van der Waals surface area contributed by atoms with E-state index in [0.29, 0.717) is 25.9 Å². The van der Waals surface area contributed by atoms with Gasteiger partial charge in [0.2, 0.25) is 17.7 Å². The quantitative estimate of drug-likeness (QED) is 0.867. The first kappa shape index (κ1) is 17.8. The Kier molecular flexibility index (Phi) is 4.12. The number of aromatic nitrogens is 1. The summed E-state index contributed by atoms with van der Waals surface area (Å²) in [6.07, 6.45) is 5.24. The van der Waals surface area contributed by atoms with Crippen molar-refractivity contribution in [1.29, 1.82) is 0 Å². The highest BCUT2D eigenvalue weighted by molar-refractivity contribution is 6.07. The second-order valence-corrected chi connectivity index (χ2v) is 7.92. The van der Waals surface area contributed by atoms with Crippen molar-refractivity contribution in [3.05, 3.63) is 59.9 Å². The summed E-state index contributed by atoms with van der Waals surface area (Å²) >= 11 is 0. The first-order valence-electron chi connectivity index (χ1n) is 9.99. The van der Waals surface area contributed by atoms with Crippen molar-refractivity contribution in [3.8, 4) is 0 Å². The van der Waals surface area contributed by atoms with Crippen LogP contribution in [0.1, 0.15) is 36.4 Å². The second kappa shape index (κ2) is 6.69. The van der Waals surface area contributed by atoms with Gasteiger partial charge in [-0.3, -0.25) is 19.4 Å². The van der Waals surface area contributed by atoms with Crippen LogP contribution < -0.4 is 5.32 Å². The van der Waals surface area contributed by atoms with E-state index in [1.165, 1.54) is 0 Å². The molecule has 2 fully saturated rings. The Bertz CT molecular complexity index is 993. The molecule has 148 valence electrons. The molecule has 2 aromatic rings. The topological polar surface area (TPSA) is 82.6 Å². The molecule has 0 saturated carbocycles. The number of carbonyl (C=O) groups is 3. The molecule has 3 aliphatic rings. The summed E-state index contributed by atoms with van der Waals surface area (Å²) in [5, 5.41) is 3.01. The third-order valence-electron chi connectivity index (χ3n) is 6.40. The van der Waals surface area contributed by atoms with E-state index < -0.39 is 11.5 Å². The lowest BCUT2D eigenvalue weighted by Crippen LogP contribution is -2.45. The molecule has 1 spiro atoms. The molecular weight excluding hydrogens is 368 g/mol. The molecule has 0 aliphatic carbocycles. The summed E-state index contributed by atoms with van der Waals surface area (Å²) in [5.74, 6) is -0.183. The average Bonchev–Trinajstić information content (AvgIpc) is 3.41. The molecule has 2 unspecified atom stereocenters. The van der Waals surface area contributed by atoms with Crippen LogP contribution in [-0.2, 0) is 19.8 Å². The van der Waals surface area contributed by atoms with E-state index in [1.807, 2.05) is 36.4 Å². The maximum Gasteiger partial charge on any atom is 0.242 e. The van der Waals surface area contributed by atoms with E-state index in [9.17, 15) is 14.4 Å². The number of likely N-dealkylation sites (tertiary alicyclic amines) is 2. The fourth-order valence-electron chi connectivity index (χ4n) is 5.08. The van der Waals surface area contributed by atoms with E-state index in [2.05, 4.69) is 10.3 Å². The zero-order chi connectivity index (χ0) is 20.0. The van der Waals surface area contributed by atoms with Gasteiger partial charge in [-0.05, 0) is 36.1 Å². The lowest BCUT2D eigenvalue weighted by molar-refractivity contribution is -0.139. The van der Waals surface area contributed by atoms with Crippen LogP contribution in [0.25, 0.3) is 0 Å². The SMILES string of the molecule is O=C1CCCN1CC(=O)N1CCC2(C(=O)Nc3ccccc32)C1c1cccnc1. The molecule has 3 aliphatic heterocycles. The van der Waals surface area contributed by atoms with Crippen LogP contribution in [0.2, 0.25) is 0 Å². The van der Waals surface area contributed by atoms with Crippen molar-refractivity contribution >= 4 is 23.4 Å². The van der Waals surface area contributed by atoms with Gasteiger partial charge in [0.15, 0.2) is 0 Å². The summed E-state index contributed by atoms with van der Waals surface area (Å²) in [4.78, 5) is 46.2. The zero-order valence-corrected chi connectivity index (χ0v) is 16.0. The Morgan fingerprint density at radius 1 is 1.17 bits per heavy atom. The van der Waals surface area contributed by atoms with Gasteiger partial charge >= 0.3 is 0 Å². The summed E-state index contributed by atoms with van der Waals surface area (Å²) in [6, 6.07) is 11.0. The molecule has 2 saturated heterocycles. The molecular formula is C22H22N4O3. The van der Waals surface area contributed by atoms with Crippen LogP contribution in [0, 0.1) is 0 Å². The van der Waals surface area contributed by atoms with Crippen LogP contribution in [0.15, 0.2) is 48.8 Å². The molecule has 7 nitrogen and oxygen atoms in total. The van der Waals surface area contributed by atoms with Crippen LogP contribution in [0.5, 0.6) is 0 Å². The van der Waals surface area contributed by atoms with E-state index in [0.717, 1.165) is 23.2 Å². The van der Waals surface area contributed by atoms with Gasteiger partial charge in [-0.25, -0.2) is 0 Å². The summed E-state index contributed by atoms with van der Waals surface area (Å²) < 4.78 is 0. The number of nitrogens with zero attached hydrogens (tertiary/aromatic N) is 3. The second-order valence-electron chi connectivity index (χ2n) is 7.92. The average molecular weight is 390 g/mol. The highest BCUT2D eigenvalue weighted by Crippen LogP contribution is 2.54. The van der Waals surface area contributed by atoms with Gasteiger partial charge in [0, 0.05) is 37.6 Å². The smallest absolute Gasteiger partial charge is 0.242 e. The predicted molar refractivity (Wildman–Crippen MR) is 106 cm³/mol. The Morgan fingerprint density at radius 3 is 2.79 bits per heavy atom. The predicted octanol–water partition coefficient (Wildman–Crippen LogP) is 1.87. The van der Waals surface area contributed by atoms with Gasteiger partial charge in [-0.2, -0.15) is 0 Å². The number of hydrogen-bond acceptors (Lipinski definition) is 4. The number of carbonyl (C=O) groups excluding carboxylic acids is 3. The largest absolute Gasteiger partial charge is 0.333 e. The Labute approximate surface area is 168 Å². The number of amides is 3. The highest BCUT2D eigenvalue weighted by Gasteiger charge is 2.59. The Hall–Kier alpha value is -3.22. The summed E-state index contributed by atoms with van der Waals surface area (Å²) in [7, 11) is 0.